The number of sulfonamides is 1. The molecule has 0 bridgehead atoms. The molecular weight excluding hydrogens is 477 g/mol. The average Bonchev–Trinajstić information content (AvgIpc) is 2.85. The van der Waals surface area contributed by atoms with Crippen LogP contribution in [0.3, 0.4) is 0 Å². The number of nitrogens with zero attached hydrogens (tertiary/aromatic N) is 3. The third kappa shape index (κ3) is 5.86. The highest BCUT2D eigenvalue weighted by atomic mass is 32.2. The summed E-state index contributed by atoms with van der Waals surface area (Å²) in [5, 5.41) is 2.55. The first kappa shape index (κ1) is 23.6. The number of pyridine rings is 1. The lowest BCUT2D eigenvalue weighted by molar-refractivity contribution is 0.0863. The highest BCUT2D eigenvalue weighted by molar-refractivity contribution is 7.92. The minimum absolute atomic E-state index is 0.0107. The van der Waals surface area contributed by atoms with Crippen LogP contribution >= 0.6 is 0 Å². The van der Waals surface area contributed by atoms with Gasteiger partial charge in [-0.2, -0.15) is 4.73 Å². The first-order valence-electron chi connectivity index (χ1n) is 10.1. The number of halogens is 1. The van der Waals surface area contributed by atoms with E-state index in [1.54, 1.807) is 6.07 Å². The molecule has 0 fully saturated rings. The molecule has 0 atom stereocenters. The average molecular weight is 495 g/mol. The van der Waals surface area contributed by atoms with Crippen molar-refractivity contribution in [2.45, 2.75) is 11.5 Å². The summed E-state index contributed by atoms with van der Waals surface area (Å²) in [5.74, 6) is -1.18. The molecule has 10 nitrogen and oxygen atoms in total. The fourth-order valence-corrected chi connectivity index (χ4v) is 3.88. The van der Waals surface area contributed by atoms with Crippen LogP contribution in [-0.2, 0) is 16.6 Å². The molecule has 2 heterocycles. The predicted molar refractivity (Wildman–Crippen MR) is 125 cm³/mol. The first-order chi connectivity index (χ1) is 16.8. The van der Waals surface area contributed by atoms with Crippen LogP contribution in [0.4, 0.5) is 16.0 Å². The van der Waals surface area contributed by atoms with Gasteiger partial charge in [-0.3, -0.25) is 9.59 Å². The zero-order chi connectivity index (χ0) is 24.8. The number of aromatic nitrogens is 3. The highest BCUT2D eigenvalue weighted by Gasteiger charge is 2.17. The van der Waals surface area contributed by atoms with Crippen molar-refractivity contribution in [1.82, 2.24) is 14.7 Å². The number of hydrogen-bond acceptors (Lipinski definition) is 7. The Morgan fingerprint density at radius 2 is 1.66 bits per heavy atom. The molecule has 12 heteroatoms. The van der Waals surface area contributed by atoms with Crippen LogP contribution < -0.4 is 20.4 Å². The van der Waals surface area contributed by atoms with E-state index in [9.17, 15) is 22.4 Å². The van der Waals surface area contributed by atoms with Gasteiger partial charge >= 0.3 is 0 Å². The molecule has 0 aliphatic heterocycles. The van der Waals surface area contributed by atoms with Crippen molar-refractivity contribution in [3.8, 4) is 0 Å². The van der Waals surface area contributed by atoms with Crippen LogP contribution in [0.25, 0.3) is 0 Å². The molecule has 1 amide bonds. The van der Waals surface area contributed by atoms with Gasteiger partial charge < -0.3 is 10.2 Å². The summed E-state index contributed by atoms with van der Waals surface area (Å²) in [5.41, 5.74) is 0.0213. The van der Waals surface area contributed by atoms with Gasteiger partial charge in [0.25, 0.3) is 21.5 Å². The van der Waals surface area contributed by atoms with E-state index in [-0.39, 0.29) is 28.7 Å². The van der Waals surface area contributed by atoms with E-state index in [1.165, 1.54) is 79.3 Å². The van der Waals surface area contributed by atoms with Crippen molar-refractivity contribution in [3.63, 3.8) is 0 Å². The molecule has 0 aliphatic rings. The van der Waals surface area contributed by atoms with E-state index in [4.69, 9.17) is 4.84 Å². The lowest BCUT2D eigenvalue weighted by Gasteiger charge is -2.11. The molecule has 4 rings (SSSR count). The maximum Gasteiger partial charge on any atom is 0.295 e. The highest BCUT2D eigenvalue weighted by Crippen LogP contribution is 2.17. The Bertz CT molecular complexity index is 1490. The summed E-state index contributed by atoms with van der Waals surface area (Å²) in [6, 6.07) is 15.3. The lowest BCUT2D eigenvalue weighted by atomic mass is 10.2. The fraction of sp³-hybridized carbons (Fsp3) is 0.0435. The lowest BCUT2D eigenvalue weighted by Crippen LogP contribution is -2.32. The van der Waals surface area contributed by atoms with Gasteiger partial charge in [0.1, 0.15) is 18.0 Å². The van der Waals surface area contributed by atoms with Gasteiger partial charge in [-0.05, 0) is 60.2 Å². The van der Waals surface area contributed by atoms with Gasteiger partial charge in [-0.15, -0.1) is 0 Å². The molecule has 4 aromatic rings. The number of carbonyl (C=O) groups is 1. The SMILES string of the molecule is O=C(Nc1ccc(S(=O)(=O)Nc2ncccn2)cc1)c1cccn(OCc2ccc(F)cc2)c1=O. The number of carbonyl (C=O) groups excluding carboxylic acids is 1. The van der Waals surface area contributed by atoms with Crippen molar-refractivity contribution < 1.29 is 22.4 Å². The Hall–Kier alpha value is -4.58. The Balaban J connectivity index is 1.43. The quantitative estimate of drug-likeness (QED) is 0.384. The van der Waals surface area contributed by atoms with Gasteiger partial charge in [0.05, 0.1) is 4.90 Å². The number of anilines is 2. The topological polar surface area (TPSA) is 132 Å². The van der Waals surface area contributed by atoms with Gasteiger partial charge in [0.2, 0.25) is 5.95 Å². The van der Waals surface area contributed by atoms with Gasteiger partial charge in [-0.25, -0.2) is 27.5 Å². The second kappa shape index (κ2) is 10.1. The van der Waals surface area contributed by atoms with E-state index in [1.807, 2.05) is 0 Å². The van der Waals surface area contributed by atoms with Crippen molar-refractivity contribution in [3.05, 3.63) is 113 Å². The van der Waals surface area contributed by atoms with Crippen LogP contribution in [-0.4, -0.2) is 29.0 Å². The molecule has 2 aromatic carbocycles. The van der Waals surface area contributed by atoms with Crippen LogP contribution in [0.1, 0.15) is 15.9 Å². The molecule has 0 radical (unpaired) electrons. The molecule has 0 saturated heterocycles. The molecule has 0 aliphatic carbocycles. The Morgan fingerprint density at radius 1 is 0.971 bits per heavy atom. The number of benzene rings is 2. The normalized spacial score (nSPS) is 11.0. The second-order valence-electron chi connectivity index (χ2n) is 7.11. The molecular formula is C23H18FN5O5S. The van der Waals surface area contributed by atoms with E-state index >= 15 is 0 Å². The molecule has 2 aromatic heterocycles. The summed E-state index contributed by atoms with van der Waals surface area (Å²) in [6.07, 6.45) is 4.15. The zero-order valence-electron chi connectivity index (χ0n) is 18.0. The summed E-state index contributed by atoms with van der Waals surface area (Å²) < 4.78 is 41.1. The standard InChI is InChI=1S/C23H18FN5O5S/c24-17-6-4-16(5-7-17)15-34-29-14-1-3-20(22(29)31)21(30)27-18-8-10-19(11-9-18)35(32,33)28-23-25-12-2-13-26-23/h1-14H,15H2,(H,27,30)(H,25,26,28). The maximum absolute atomic E-state index is 13.0. The van der Waals surface area contributed by atoms with E-state index in [0.717, 1.165) is 4.73 Å². The summed E-state index contributed by atoms with van der Waals surface area (Å²) >= 11 is 0. The van der Waals surface area contributed by atoms with Gasteiger partial charge in [-0.1, -0.05) is 12.1 Å². The van der Waals surface area contributed by atoms with E-state index < -0.39 is 27.3 Å². The van der Waals surface area contributed by atoms with E-state index in [0.29, 0.717) is 5.56 Å². The maximum atomic E-state index is 13.0. The molecule has 35 heavy (non-hydrogen) atoms. The van der Waals surface area contributed by atoms with Crippen LogP contribution in [0.5, 0.6) is 0 Å². The number of amides is 1. The number of nitrogens with one attached hydrogen (secondary N) is 2. The van der Waals surface area contributed by atoms with Crippen molar-refractivity contribution in [1.29, 1.82) is 0 Å². The Morgan fingerprint density at radius 3 is 2.34 bits per heavy atom. The Kier molecular flexibility index (Phi) is 6.83. The molecule has 0 spiro atoms. The van der Waals surface area contributed by atoms with Crippen molar-refractivity contribution in [2.24, 2.45) is 0 Å². The van der Waals surface area contributed by atoms with Crippen LogP contribution in [0.15, 0.2) is 95.0 Å². The fourth-order valence-electron chi connectivity index (χ4n) is 2.92. The first-order valence-corrected chi connectivity index (χ1v) is 11.6. The summed E-state index contributed by atoms with van der Waals surface area (Å²) in [6.45, 7) is -0.0107. The molecule has 178 valence electrons. The van der Waals surface area contributed by atoms with Crippen molar-refractivity contribution >= 4 is 27.6 Å². The predicted octanol–water partition coefficient (Wildman–Crippen LogP) is 2.46. The Labute approximate surface area is 199 Å². The van der Waals surface area contributed by atoms with Crippen LogP contribution in [0, 0.1) is 5.82 Å². The molecule has 0 unspecified atom stereocenters. The molecule has 2 N–H and O–H groups in total. The zero-order valence-corrected chi connectivity index (χ0v) is 18.8. The third-order valence-electron chi connectivity index (χ3n) is 4.66. The second-order valence-corrected chi connectivity index (χ2v) is 8.79. The van der Waals surface area contributed by atoms with Gasteiger partial charge in [0, 0.05) is 24.3 Å². The molecule has 0 saturated carbocycles. The number of hydrogen-bond donors (Lipinski definition) is 2. The van der Waals surface area contributed by atoms with E-state index in [2.05, 4.69) is 20.0 Å². The minimum Gasteiger partial charge on any atom is -0.406 e. The summed E-state index contributed by atoms with van der Waals surface area (Å²) in [4.78, 5) is 38.3. The largest absolute Gasteiger partial charge is 0.406 e. The van der Waals surface area contributed by atoms with Crippen molar-refractivity contribution in [2.75, 3.05) is 10.0 Å². The monoisotopic (exact) mass is 495 g/mol. The number of rotatable bonds is 8. The summed E-state index contributed by atoms with van der Waals surface area (Å²) in [7, 11) is -3.93. The minimum atomic E-state index is -3.93. The smallest absolute Gasteiger partial charge is 0.295 e. The van der Waals surface area contributed by atoms with Crippen LogP contribution in [0.2, 0.25) is 0 Å². The third-order valence-corrected chi connectivity index (χ3v) is 6.00. The van der Waals surface area contributed by atoms with Gasteiger partial charge in [0.15, 0.2) is 0 Å².